The molecule has 0 spiro atoms. The summed E-state index contributed by atoms with van der Waals surface area (Å²) in [5.74, 6) is 0.829. The molecule has 1 fully saturated rings. The minimum absolute atomic E-state index is 0.167. The van der Waals surface area contributed by atoms with Gasteiger partial charge in [0.25, 0.3) is 0 Å². The zero-order valence-corrected chi connectivity index (χ0v) is 15.2. The molecule has 0 aromatic rings. The third kappa shape index (κ3) is 6.29. The van der Waals surface area contributed by atoms with E-state index in [1.165, 1.54) is 19.3 Å². The van der Waals surface area contributed by atoms with Gasteiger partial charge in [0.15, 0.2) is 0 Å². The lowest BCUT2D eigenvalue weighted by Crippen LogP contribution is -2.39. The molecule has 2 aliphatic carbocycles. The summed E-state index contributed by atoms with van der Waals surface area (Å²) >= 11 is 0. The molecule has 2 N–H and O–H groups in total. The van der Waals surface area contributed by atoms with Crippen LogP contribution in [-0.2, 0) is 4.79 Å². The van der Waals surface area contributed by atoms with Gasteiger partial charge in [0.2, 0.25) is 5.91 Å². The fraction of sp³-hybridized carbons (Fsp3) is 0.800. The lowest BCUT2D eigenvalue weighted by Gasteiger charge is -2.26. The second kappa shape index (κ2) is 10.5. The third-order valence-electron chi connectivity index (χ3n) is 5.70. The molecule has 1 unspecified atom stereocenters. The van der Waals surface area contributed by atoms with E-state index in [9.17, 15) is 4.79 Å². The molecule has 0 saturated heterocycles. The first-order valence-corrected chi connectivity index (χ1v) is 9.84. The summed E-state index contributed by atoms with van der Waals surface area (Å²) in [4.78, 5) is 12.7. The van der Waals surface area contributed by atoms with E-state index in [1.54, 1.807) is 0 Å². The number of hydrogen-bond donors (Lipinski definition) is 2. The van der Waals surface area contributed by atoms with Crippen molar-refractivity contribution in [3.05, 3.63) is 12.2 Å². The molecule has 0 heterocycles. The molecule has 0 aromatic carbocycles. The van der Waals surface area contributed by atoms with Crippen molar-refractivity contribution < 1.29 is 10.0 Å². The van der Waals surface area contributed by atoms with Crippen molar-refractivity contribution in [3.63, 3.8) is 0 Å². The van der Waals surface area contributed by atoms with E-state index in [1.807, 2.05) is 6.92 Å². The summed E-state index contributed by atoms with van der Waals surface area (Å²) in [6.07, 6.45) is 17.5. The number of amides is 1. The Bertz CT molecular complexity index is 435. The quantitative estimate of drug-likeness (QED) is 0.336. The van der Waals surface area contributed by atoms with Gasteiger partial charge in [-0.25, -0.2) is 0 Å². The van der Waals surface area contributed by atoms with Gasteiger partial charge in [-0.1, -0.05) is 36.6 Å². The van der Waals surface area contributed by atoms with Crippen molar-refractivity contribution in [1.29, 1.82) is 0 Å². The monoisotopic (exact) mass is 334 g/mol. The van der Waals surface area contributed by atoms with Crippen LogP contribution in [0.25, 0.3) is 0 Å². The zero-order chi connectivity index (χ0) is 17.2. The lowest BCUT2D eigenvalue weighted by atomic mass is 9.83. The average Bonchev–Trinajstić information content (AvgIpc) is 2.68. The van der Waals surface area contributed by atoms with Crippen molar-refractivity contribution in [2.45, 2.75) is 90.0 Å². The highest BCUT2D eigenvalue weighted by Gasteiger charge is 2.25. The Morgan fingerprint density at radius 1 is 0.917 bits per heavy atom. The van der Waals surface area contributed by atoms with Gasteiger partial charge < -0.3 is 10.5 Å². The van der Waals surface area contributed by atoms with Gasteiger partial charge in [0.1, 0.15) is 0 Å². The topological polar surface area (TPSA) is 61.7 Å². The molecule has 4 nitrogen and oxygen atoms in total. The minimum atomic E-state index is 0.167. The molecule has 0 aromatic heterocycles. The second-order valence-electron chi connectivity index (χ2n) is 7.54. The highest BCUT2D eigenvalue weighted by Crippen LogP contribution is 2.27. The number of hydrogen-bond acceptors (Lipinski definition) is 3. The molecule has 4 heteroatoms. The number of allylic oxidation sites excluding steroid dienone is 2. The van der Waals surface area contributed by atoms with E-state index >= 15 is 0 Å². The number of nitrogens with one attached hydrogen (secondary N) is 1. The maximum Gasteiger partial charge on any atom is 0.223 e. The van der Waals surface area contributed by atoms with Gasteiger partial charge in [-0.05, 0) is 64.7 Å². The summed E-state index contributed by atoms with van der Waals surface area (Å²) in [7, 11) is 0. The highest BCUT2D eigenvalue weighted by atomic mass is 16.4. The van der Waals surface area contributed by atoms with E-state index in [-0.39, 0.29) is 11.8 Å². The van der Waals surface area contributed by atoms with Crippen LogP contribution in [0.5, 0.6) is 0 Å². The Kier molecular flexibility index (Phi) is 8.34. The average molecular weight is 335 g/mol. The molecule has 0 bridgehead atoms. The highest BCUT2D eigenvalue weighted by molar-refractivity contribution is 5.83. The molecule has 1 atom stereocenters. The largest absolute Gasteiger partial charge is 0.411 e. The lowest BCUT2D eigenvalue weighted by molar-refractivity contribution is -0.126. The maximum atomic E-state index is 12.7. The molecule has 1 amide bonds. The molecule has 0 radical (unpaired) electrons. The normalized spacial score (nSPS) is 31.7. The standard InChI is InChI=1S/C20H34N2O2/c1-16(22-24)17-10-8-12-18(13-9-11-17)20(23)21-19-14-6-4-2-3-5-7-15-19/h2,4,17-19,24H,3,5-15H2,1H3,(H,21,23)/b4-2-,22-16+. The molecule has 2 aliphatic rings. The van der Waals surface area contributed by atoms with Crippen LogP contribution in [0.3, 0.4) is 0 Å². The fourth-order valence-electron chi connectivity index (χ4n) is 4.07. The Morgan fingerprint density at radius 2 is 1.58 bits per heavy atom. The van der Waals surface area contributed by atoms with Crippen LogP contribution < -0.4 is 5.32 Å². The Hall–Kier alpha value is -1.32. The first-order chi connectivity index (χ1) is 11.7. The maximum absolute atomic E-state index is 12.7. The van der Waals surface area contributed by atoms with Gasteiger partial charge in [0, 0.05) is 17.9 Å². The van der Waals surface area contributed by atoms with Gasteiger partial charge in [-0.3, -0.25) is 4.79 Å². The number of rotatable bonds is 3. The summed E-state index contributed by atoms with van der Waals surface area (Å²) in [5, 5.41) is 15.7. The van der Waals surface area contributed by atoms with Crippen LogP contribution in [0.15, 0.2) is 17.3 Å². The van der Waals surface area contributed by atoms with Crippen LogP contribution in [0.2, 0.25) is 0 Å². The van der Waals surface area contributed by atoms with Crippen LogP contribution >= 0.6 is 0 Å². The van der Waals surface area contributed by atoms with Crippen LogP contribution in [0.4, 0.5) is 0 Å². The Labute approximate surface area is 146 Å². The van der Waals surface area contributed by atoms with E-state index in [4.69, 9.17) is 5.21 Å². The van der Waals surface area contributed by atoms with Crippen molar-refractivity contribution in [3.8, 4) is 0 Å². The number of carbonyl (C=O) groups excluding carboxylic acids is 1. The van der Waals surface area contributed by atoms with E-state index in [0.29, 0.717) is 12.0 Å². The Balaban J connectivity index is 1.80. The van der Waals surface area contributed by atoms with Gasteiger partial charge in [-0.2, -0.15) is 0 Å². The molecule has 136 valence electrons. The molecule has 1 saturated carbocycles. The van der Waals surface area contributed by atoms with Gasteiger partial charge in [0.05, 0.1) is 5.71 Å². The van der Waals surface area contributed by atoms with Crippen LogP contribution in [0, 0.1) is 11.8 Å². The molecular formula is C20H34N2O2. The van der Waals surface area contributed by atoms with Gasteiger partial charge >= 0.3 is 0 Å². The first kappa shape index (κ1) is 19.0. The zero-order valence-electron chi connectivity index (χ0n) is 15.2. The minimum Gasteiger partial charge on any atom is -0.411 e. The van der Waals surface area contributed by atoms with Crippen molar-refractivity contribution >= 4 is 11.6 Å². The Morgan fingerprint density at radius 3 is 2.29 bits per heavy atom. The van der Waals surface area contributed by atoms with E-state index < -0.39 is 0 Å². The summed E-state index contributed by atoms with van der Waals surface area (Å²) in [6.45, 7) is 1.90. The number of oxime groups is 1. The molecule has 0 aliphatic heterocycles. The molecule has 2 rings (SSSR count). The smallest absolute Gasteiger partial charge is 0.223 e. The summed E-state index contributed by atoms with van der Waals surface area (Å²) in [6, 6.07) is 0.349. The van der Waals surface area contributed by atoms with Crippen molar-refractivity contribution in [1.82, 2.24) is 5.32 Å². The summed E-state index contributed by atoms with van der Waals surface area (Å²) < 4.78 is 0. The van der Waals surface area contributed by atoms with Crippen molar-refractivity contribution in [2.75, 3.05) is 0 Å². The van der Waals surface area contributed by atoms with Crippen molar-refractivity contribution in [2.24, 2.45) is 17.0 Å². The SMILES string of the molecule is C/C(=N\O)C1CCCC(C(=O)NC2CC/C=C\CCCC2)CCC1. The molecular weight excluding hydrogens is 300 g/mol. The molecule has 24 heavy (non-hydrogen) atoms. The van der Waals surface area contributed by atoms with E-state index in [2.05, 4.69) is 22.6 Å². The van der Waals surface area contributed by atoms with Crippen LogP contribution in [0.1, 0.15) is 84.0 Å². The predicted molar refractivity (Wildman–Crippen MR) is 98.4 cm³/mol. The predicted octanol–water partition coefficient (Wildman–Crippen LogP) is 4.82. The fourth-order valence-corrected chi connectivity index (χ4v) is 4.07. The third-order valence-corrected chi connectivity index (χ3v) is 5.70. The number of carbonyl (C=O) groups is 1. The second-order valence-corrected chi connectivity index (χ2v) is 7.54. The van der Waals surface area contributed by atoms with Gasteiger partial charge in [-0.15, -0.1) is 0 Å². The number of nitrogens with zero attached hydrogens (tertiary/aromatic N) is 1. The first-order valence-electron chi connectivity index (χ1n) is 9.84. The van der Waals surface area contributed by atoms with E-state index in [0.717, 1.165) is 63.5 Å². The summed E-state index contributed by atoms with van der Waals surface area (Å²) in [5.41, 5.74) is 0.844. The van der Waals surface area contributed by atoms with Crippen LogP contribution in [-0.4, -0.2) is 22.9 Å².